The molecule has 0 spiro atoms. The highest BCUT2D eigenvalue weighted by molar-refractivity contribution is 9.10. The van der Waals surface area contributed by atoms with Crippen molar-refractivity contribution in [3.8, 4) is 5.75 Å². The van der Waals surface area contributed by atoms with Gasteiger partial charge in [-0.3, -0.25) is 0 Å². The maximum Gasteiger partial charge on any atom is 0.119 e. The summed E-state index contributed by atoms with van der Waals surface area (Å²) in [4.78, 5) is 0. The molecule has 2 aromatic carbocycles. The van der Waals surface area contributed by atoms with E-state index < -0.39 is 0 Å². The standard InChI is InChI=1S/C18H20BrNO/c1-12-16(4-3-5-17(12)19)18(20-2)13-6-8-14(9-7-13)21-15-10-11-15/h3-9,15,18,20H,10-11H2,1-2H3. The molecule has 0 aromatic heterocycles. The highest BCUT2D eigenvalue weighted by Crippen LogP contribution is 2.31. The second kappa shape index (κ2) is 6.20. The second-order valence-corrected chi connectivity index (χ2v) is 6.42. The molecule has 1 N–H and O–H groups in total. The minimum absolute atomic E-state index is 0.192. The van der Waals surface area contributed by atoms with E-state index in [0.29, 0.717) is 6.10 Å². The van der Waals surface area contributed by atoms with Crippen LogP contribution < -0.4 is 10.1 Å². The van der Waals surface area contributed by atoms with Gasteiger partial charge in [0.25, 0.3) is 0 Å². The Balaban J connectivity index is 1.86. The molecule has 1 aliphatic carbocycles. The third-order valence-electron chi connectivity index (χ3n) is 3.95. The predicted molar refractivity (Wildman–Crippen MR) is 89.9 cm³/mol. The van der Waals surface area contributed by atoms with Crippen LogP contribution in [0.2, 0.25) is 0 Å². The Hall–Kier alpha value is -1.32. The van der Waals surface area contributed by atoms with E-state index >= 15 is 0 Å². The fourth-order valence-electron chi connectivity index (χ4n) is 2.56. The summed E-state index contributed by atoms with van der Waals surface area (Å²) in [7, 11) is 2.00. The van der Waals surface area contributed by atoms with Crippen LogP contribution in [0.25, 0.3) is 0 Å². The van der Waals surface area contributed by atoms with E-state index in [-0.39, 0.29) is 6.04 Å². The van der Waals surface area contributed by atoms with Crippen molar-refractivity contribution in [2.24, 2.45) is 0 Å². The normalized spacial score (nSPS) is 15.8. The van der Waals surface area contributed by atoms with Crippen LogP contribution in [-0.4, -0.2) is 13.2 Å². The molecule has 0 aliphatic heterocycles. The molecule has 0 bridgehead atoms. The fraction of sp³-hybridized carbons (Fsp3) is 0.333. The molecule has 1 aliphatic rings. The van der Waals surface area contributed by atoms with Gasteiger partial charge < -0.3 is 10.1 Å². The average Bonchev–Trinajstić information content (AvgIpc) is 3.30. The highest BCUT2D eigenvalue weighted by Gasteiger charge is 2.23. The van der Waals surface area contributed by atoms with Crippen LogP contribution in [0.1, 0.15) is 35.6 Å². The number of hydrogen-bond donors (Lipinski definition) is 1. The van der Waals surface area contributed by atoms with Crippen molar-refractivity contribution in [1.29, 1.82) is 0 Å². The Kier molecular flexibility index (Phi) is 4.32. The number of nitrogens with one attached hydrogen (secondary N) is 1. The third-order valence-corrected chi connectivity index (χ3v) is 4.81. The van der Waals surface area contributed by atoms with Crippen molar-refractivity contribution in [3.63, 3.8) is 0 Å². The van der Waals surface area contributed by atoms with Gasteiger partial charge in [-0.1, -0.05) is 40.2 Å². The van der Waals surface area contributed by atoms with Crippen LogP contribution >= 0.6 is 15.9 Å². The van der Waals surface area contributed by atoms with Gasteiger partial charge in [-0.05, 0) is 61.7 Å². The van der Waals surface area contributed by atoms with Crippen LogP contribution in [0, 0.1) is 6.92 Å². The van der Waals surface area contributed by atoms with Crippen molar-refractivity contribution in [1.82, 2.24) is 5.32 Å². The van der Waals surface area contributed by atoms with Gasteiger partial charge >= 0.3 is 0 Å². The van der Waals surface area contributed by atoms with Crippen LogP contribution in [0.4, 0.5) is 0 Å². The van der Waals surface area contributed by atoms with Crippen molar-refractivity contribution in [2.45, 2.75) is 31.9 Å². The molecule has 110 valence electrons. The predicted octanol–water partition coefficient (Wildman–Crippen LogP) is 4.61. The smallest absolute Gasteiger partial charge is 0.119 e. The van der Waals surface area contributed by atoms with Gasteiger partial charge in [-0.15, -0.1) is 0 Å². The first kappa shape index (κ1) is 14.6. The summed E-state index contributed by atoms with van der Waals surface area (Å²) in [5.74, 6) is 0.974. The van der Waals surface area contributed by atoms with Crippen molar-refractivity contribution in [2.75, 3.05) is 7.05 Å². The largest absolute Gasteiger partial charge is 0.490 e. The molecule has 0 amide bonds. The summed E-state index contributed by atoms with van der Waals surface area (Å²) < 4.78 is 6.96. The van der Waals surface area contributed by atoms with E-state index in [4.69, 9.17) is 4.74 Å². The molecule has 1 unspecified atom stereocenters. The lowest BCUT2D eigenvalue weighted by molar-refractivity contribution is 0.303. The van der Waals surface area contributed by atoms with Crippen molar-refractivity contribution in [3.05, 3.63) is 63.6 Å². The monoisotopic (exact) mass is 345 g/mol. The maximum absolute atomic E-state index is 5.81. The molecular formula is C18H20BrNO. The Morgan fingerprint density at radius 2 is 1.86 bits per heavy atom. The first-order chi connectivity index (χ1) is 10.2. The van der Waals surface area contributed by atoms with E-state index in [1.807, 2.05) is 7.05 Å². The highest BCUT2D eigenvalue weighted by atomic mass is 79.9. The van der Waals surface area contributed by atoms with Gasteiger partial charge in [-0.25, -0.2) is 0 Å². The summed E-state index contributed by atoms with van der Waals surface area (Å²) in [6.45, 7) is 2.15. The number of halogens is 1. The molecule has 0 saturated heterocycles. The van der Waals surface area contributed by atoms with Crippen LogP contribution in [-0.2, 0) is 0 Å². The molecule has 1 atom stereocenters. The van der Waals surface area contributed by atoms with Gasteiger partial charge in [-0.2, -0.15) is 0 Å². The Bertz CT molecular complexity index is 620. The number of hydrogen-bond acceptors (Lipinski definition) is 2. The van der Waals surface area contributed by atoms with Crippen LogP contribution in [0.5, 0.6) is 5.75 Å². The minimum Gasteiger partial charge on any atom is -0.490 e. The number of benzene rings is 2. The first-order valence-corrected chi connectivity index (χ1v) is 8.17. The van der Waals surface area contributed by atoms with E-state index in [1.165, 1.54) is 29.5 Å². The first-order valence-electron chi connectivity index (χ1n) is 7.38. The fourth-order valence-corrected chi connectivity index (χ4v) is 2.94. The lowest BCUT2D eigenvalue weighted by Crippen LogP contribution is -2.18. The van der Waals surface area contributed by atoms with Gasteiger partial charge in [0.15, 0.2) is 0 Å². The lowest BCUT2D eigenvalue weighted by Gasteiger charge is -2.20. The summed E-state index contributed by atoms with van der Waals surface area (Å²) in [6.07, 6.45) is 2.83. The quantitative estimate of drug-likeness (QED) is 0.854. The molecular weight excluding hydrogens is 326 g/mol. The van der Waals surface area contributed by atoms with E-state index in [0.717, 1.165) is 10.2 Å². The molecule has 1 saturated carbocycles. The molecule has 0 heterocycles. The number of rotatable bonds is 5. The minimum atomic E-state index is 0.192. The summed E-state index contributed by atoms with van der Waals surface area (Å²) in [5.41, 5.74) is 3.82. The molecule has 3 heteroatoms. The van der Waals surface area contributed by atoms with Gasteiger partial charge in [0.2, 0.25) is 0 Å². The van der Waals surface area contributed by atoms with E-state index in [2.05, 4.69) is 70.6 Å². The zero-order valence-corrected chi connectivity index (χ0v) is 14.0. The molecule has 2 nitrogen and oxygen atoms in total. The van der Waals surface area contributed by atoms with Crippen LogP contribution in [0.3, 0.4) is 0 Å². The molecule has 1 fully saturated rings. The zero-order valence-electron chi connectivity index (χ0n) is 12.4. The second-order valence-electron chi connectivity index (χ2n) is 5.56. The average molecular weight is 346 g/mol. The third kappa shape index (κ3) is 3.30. The summed E-state index contributed by atoms with van der Waals surface area (Å²) in [5, 5.41) is 3.41. The zero-order chi connectivity index (χ0) is 14.8. The van der Waals surface area contributed by atoms with Crippen LogP contribution in [0.15, 0.2) is 46.9 Å². The molecule has 3 rings (SSSR count). The van der Waals surface area contributed by atoms with Crippen molar-refractivity contribution >= 4 is 15.9 Å². The summed E-state index contributed by atoms with van der Waals surface area (Å²) >= 11 is 3.61. The topological polar surface area (TPSA) is 21.3 Å². The van der Waals surface area contributed by atoms with Gasteiger partial charge in [0.1, 0.15) is 5.75 Å². The Labute approximate surface area is 134 Å². The number of ether oxygens (including phenoxy) is 1. The van der Waals surface area contributed by atoms with Crippen molar-refractivity contribution < 1.29 is 4.74 Å². The van der Waals surface area contributed by atoms with E-state index in [1.54, 1.807) is 0 Å². The molecule has 21 heavy (non-hydrogen) atoms. The summed E-state index contributed by atoms with van der Waals surface area (Å²) in [6, 6.07) is 15.0. The molecule has 0 radical (unpaired) electrons. The molecule has 2 aromatic rings. The van der Waals surface area contributed by atoms with Gasteiger partial charge in [0, 0.05) is 4.47 Å². The van der Waals surface area contributed by atoms with Gasteiger partial charge in [0.05, 0.1) is 12.1 Å². The maximum atomic E-state index is 5.81. The van der Waals surface area contributed by atoms with E-state index in [9.17, 15) is 0 Å². The SMILES string of the molecule is CNC(c1ccc(OC2CC2)cc1)c1cccc(Br)c1C. The Morgan fingerprint density at radius 1 is 1.14 bits per heavy atom. The lowest BCUT2D eigenvalue weighted by atomic mass is 9.95. The Morgan fingerprint density at radius 3 is 2.48 bits per heavy atom.